The van der Waals surface area contributed by atoms with Gasteiger partial charge in [-0.15, -0.1) is 0 Å². The molecule has 0 amide bonds. The molecular formula is C7H15N3. The van der Waals surface area contributed by atoms with E-state index in [-0.39, 0.29) is 0 Å². The van der Waals surface area contributed by atoms with Gasteiger partial charge in [-0.1, -0.05) is 13.8 Å². The number of hydrogen-bond donors (Lipinski definition) is 3. The third kappa shape index (κ3) is 2.44. The summed E-state index contributed by atoms with van der Waals surface area (Å²) in [6.45, 7) is 4.02. The van der Waals surface area contributed by atoms with E-state index in [4.69, 9.17) is 17.2 Å². The molecule has 0 radical (unpaired) electrons. The zero-order chi connectivity index (χ0) is 8.15. The summed E-state index contributed by atoms with van der Waals surface area (Å²) >= 11 is 0. The second kappa shape index (κ2) is 3.82. The molecule has 58 valence electrons. The molecule has 0 aliphatic rings. The van der Waals surface area contributed by atoms with Gasteiger partial charge < -0.3 is 17.2 Å². The minimum absolute atomic E-state index is 0.324. The zero-order valence-electron chi connectivity index (χ0n) is 6.46. The molecule has 0 aromatic heterocycles. The molecule has 0 rings (SSSR count). The van der Waals surface area contributed by atoms with E-state index >= 15 is 0 Å². The van der Waals surface area contributed by atoms with Crippen LogP contribution in [0.1, 0.15) is 13.8 Å². The molecule has 3 heteroatoms. The summed E-state index contributed by atoms with van der Waals surface area (Å²) in [5, 5.41) is 0. The third-order valence-corrected chi connectivity index (χ3v) is 1.23. The second-order valence-corrected chi connectivity index (χ2v) is 2.42. The van der Waals surface area contributed by atoms with Gasteiger partial charge in [0, 0.05) is 0 Å². The SMILES string of the molecule is CC(C)C(/C=C\N)=C(N)N. The van der Waals surface area contributed by atoms with Crippen molar-refractivity contribution in [2.45, 2.75) is 13.8 Å². The highest BCUT2D eigenvalue weighted by molar-refractivity contribution is 5.23. The van der Waals surface area contributed by atoms with Gasteiger partial charge in [-0.2, -0.15) is 0 Å². The summed E-state index contributed by atoms with van der Waals surface area (Å²) in [4.78, 5) is 0. The Morgan fingerprint density at radius 1 is 1.30 bits per heavy atom. The van der Waals surface area contributed by atoms with Crippen molar-refractivity contribution in [1.82, 2.24) is 0 Å². The van der Waals surface area contributed by atoms with Crippen molar-refractivity contribution >= 4 is 0 Å². The van der Waals surface area contributed by atoms with E-state index in [0.29, 0.717) is 11.7 Å². The van der Waals surface area contributed by atoms with Gasteiger partial charge in [0.05, 0.1) is 5.82 Å². The quantitative estimate of drug-likeness (QED) is 0.482. The molecule has 6 N–H and O–H groups in total. The lowest BCUT2D eigenvalue weighted by Crippen LogP contribution is -2.14. The molecular weight excluding hydrogens is 126 g/mol. The van der Waals surface area contributed by atoms with Gasteiger partial charge in [0.15, 0.2) is 0 Å². The standard InChI is InChI=1S/C7H15N3/c1-5(2)6(3-4-8)7(9)10/h3-5H,8-10H2,1-2H3/b4-3-. The lowest BCUT2D eigenvalue weighted by Gasteiger charge is -2.06. The summed E-state index contributed by atoms with van der Waals surface area (Å²) in [5.41, 5.74) is 16.8. The van der Waals surface area contributed by atoms with Gasteiger partial charge in [-0.25, -0.2) is 0 Å². The Bertz CT molecular complexity index is 152. The maximum atomic E-state index is 5.37. The van der Waals surface area contributed by atoms with Crippen LogP contribution in [0, 0.1) is 5.92 Å². The highest BCUT2D eigenvalue weighted by atomic mass is 14.8. The molecule has 0 aliphatic heterocycles. The Hall–Kier alpha value is -1.12. The number of allylic oxidation sites excluding steroid dienone is 2. The van der Waals surface area contributed by atoms with E-state index in [1.54, 1.807) is 6.08 Å². The maximum absolute atomic E-state index is 5.37. The van der Waals surface area contributed by atoms with Crippen LogP contribution in [0.25, 0.3) is 0 Å². The van der Waals surface area contributed by atoms with Crippen molar-refractivity contribution in [2.24, 2.45) is 23.1 Å². The predicted molar refractivity (Wildman–Crippen MR) is 43.6 cm³/mol. The van der Waals surface area contributed by atoms with E-state index < -0.39 is 0 Å². The van der Waals surface area contributed by atoms with Crippen LogP contribution >= 0.6 is 0 Å². The average molecular weight is 141 g/mol. The minimum atomic E-state index is 0.324. The van der Waals surface area contributed by atoms with Crippen molar-refractivity contribution in [3.05, 3.63) is 23.7 Å². The largest absolute Gasteiger partial charge is 0.405 e. The first-order valence-corrected chi connectivity index (χ1v) is 3.23. The lowest BCUT2D eigenvalue weighted by molar-refractivity contribution is 0.774. The fourth-order valence-electron chi connectivity index (χ4n) is 0.726. The summed E-state index contributed by atoms with van der Waals surface area (Å²) in [6.07, 6.45) is 3.16. The first-order valence-electron chi connectivity index (χ1n) is 3.23. The van der Waals surface area contributed by atoms with Gasteiger partial charge in [-0.3, -0.25) is 0 Å². The average Bonchev–Trinajstić information content (AvgIpc) is 1.81. The van der Waals surface area contributed by atoms with E-state index in [1.165, 1.54) is 6.20 Å². The van der Waals surface area contributed by atoms with Crippen LogP contribution in [-0.2, 0) is 0 Å². The fraction of sp³-hybridized carbons (Fsp3) is 0.429. The number of hydrogen-bond acceptors (Lipinski definition) is 3. The van der Waals surface area contributed by atoms with Crippen molar-refractivity contribution in [3.8, 4) is 0 Å². The van der Waals surface area contributed by atoms with Crippen LogP contribution in [0.15, 0.2) is 23.7 Å². The molecule has 0 heterocycles. The number of rotatable bonds is 2. The van der Waals surface area contributed by atoms with E-state index in [9.17, 15) is 0 Å². The van der Waals surface area contributed by atoms with E-state index in [0.717, 1.165) is 5.57 Å². The second-order valence-electron chi connectivity index (χ2n) is 2.42. The van der Waals surface area contributed by atoms with Crippen molar-refractivity contribution in [2.75, 3.05) is 0 Å². The highest BCUT2D eigenvalue weighted by Crippen LogP contribution is 2.10. The van der Waals surface area contributed by atoms with Crippen LogP contribution in [0.3, 0.4) is 0 Å². The first kappa shape index (κ1) is 8.88. The Balaban J connectivity index is 4.44. The Kier molecular flexibility index (Phi) is 3.39. The van der Waals surface area contributed by atoms with E-state index in [2.05, 4.69) is 0 Å². The third-order valence-electron chi connectivity index (χ3n) is 1.23. The summed E-state index contributed by atoms with van der Waals surface area (Å²) in [5.74, 6) is 0.668. The molecule has 0 aromatic carbocycles. The molecule has 0 fully saturated rings. The summed E-state index contributed by atoms with van der Waals surface area (Å²) < 4.78 is 0. The van der Waals surface area contributed by atoms with Crippen LogP contribution in [-0.4, -0.2) is 0 Å². The molecule has 0 bridgehead atoms. The van der Waals surface area contributed by atoms with Gasteiger partial charge in [0.25, 0.3) is 0 Å². The maximum Gasteiger partial charge on any atom is 0.0969 e. The molecule has 0 aliphatic carbocycles. The Labute approximate surface area is 61.6 Å². The van der Waals surface area contributed by atoms with Crippen molar-refractivity contribution in [3.63, 3.8) is 0 Å². The molecule has 10 heavy (non-hydrogen) atoms. The normalized spacial score (nSPS) is 10.7. The van der Waals surface area contributed by atoms with Gasteiger partial charge in [0.2, 0.25) is 0 Å². The predicted octanol–water partition coefficient (Wildman–Crippen LogP) is 0.244. The fourth-order valence-corrected chi connectivity index (χ4v) is 0.726. The van der Waals surface area contributed by atoms with Gasteiger partial charge in [0.1, 0.15) is 0 Å². The van der Waals surface area contributed by atoms with Crippen LogP contribution in [0.4, 0.5) is 0 Å². The first-order chi connectivity index (χ1) is 4.59. The van der Waals surface area contributed by atoms with Gasteiger partial charge >= 0.3 is 0 Å². The van der Waals surface area contributed by atoms with Crippen LogP contribution in [0.2, 0.25) is 0 Å². The molecule has 0 atom stereocenters. The monoisotopic (exact) mass is 141 g/mol. The Morgan fingerprint density at radius 3 is 1.90 bits per heavy atom. The summed E-state index contributed by atoms with van der Waals surface area (Å²) in [6, 6.07) is 0. The van der Waals surface area contributed by atoms with Crippen LogP contribution < -0.4 is 17.2 Å². The molecule has 3 nitrogen and oxygen atoms in total. The van der Waals surface area contributed by atoms with Crippen molar-refractivity contribution in [1.29, 1.82) is 0 Å². The highest BCUT2D eigenvalue weighted by Gasteiger charge is 2.00. The topological polar surface area (TPSA) is 78.1 Å². The Morgan fingerprint density at radius 2 is 1.80 bits per heavy atom. The van der Waals surface area contributed by atoms with E-state index in [1.807, 2.05) is 13.8 Å². The molecule has 0 aromatic rings. The van der Waals surface area contributed by atoms with Gasteiger partial charge in [-0.05, 0) is 23.8 Å². The van der Waals surface area contributed by atoms with Crippen LogP contribution in [0.5, 0.6) is 0 Å². The smallest absolute Gasteiger partial charge is 0.0969 e. The molecule has 0 unspecified atom stereocenters. The minimum Gasteiger partial charge on any atom is -0.405 e. The molecule has 0 saturated carbocycles. The molecule has 0 spiro atoms. The lowest BCUT2D eigenvalue weighted by atomic mass is 10.0. The van der Waals surface area contributed by atoms with Crippen molar-refractivity contribution < 1.29 is 0 Å². The zero-order valence-corrected chi connectivity index (χ0v) is 6.46. The molecule has 0 saturated heterocycles. The summed E-state index contributed by atoms with van der Waals surface area (Å²) in [7, 11) is 0. The number of nitrogens with two attached hydrogens (primary N) is 3.